The maximum absolute atomic E-state index is 11.3. The van der Waals surface area contributed by atoms with Crippen LogP contribution in [0.4, 0.5) is 0 Å². The maximum atomic E-state index is 11.3. The smallest absolute Gasteiger partial charge is 0.329 e. The predicted octanol–water partition coefficient (Wildman–Crippen LogP) is 0.391. The molecule has 14 heavy (non-hydrogen) atoms. The highest BCUT2D eigenvalue weighted by Crippen LogP contribution is 1.94. The Hall–Kier alpha value is -1.10. The van der Waals surface area contributed by atoms with E-state index in [1.54, 1.807) is 0 Å². The van der Waals surface area contributed by atoms with Crippen LogP contribution in [-0.2, 0) is 14.3 Å². The topological polar surface area (TPSA) is 75.6 Å². The number of nitrogens with one attached hydrogen (secondary N) is 1. The van der Waals surface area contributed by atoms with E-state index in [0.717, 1.165) is 6.42 Å². The lowest BCUT2D eigenvalue weighted by Gasteiger charge is -2.15. The van der Waals surface area contributed by atoms with E-state index < -0.39 is 18.7 Å². The number of carbonyl (C=O) groups is 2. The summed E-state index contributed by atoms with van der Waals surface area (Å²) in [5.74, 6) is -1.35. The number of ether oxygens (including phenoxy) is 1. The molecule has 0 rings (SSSR count). The van der Waals surface area contributed by atoms with E-state index in [4.69, 9.17) is 9.84 Å². The Bertz CT molecular complexity index is 205. The molecule has 5 heteroatoms. The van der Waals surface area contributed by atoms with Crippen LogP contribution in [-0.4, -0.2) is 35.7 Å². The van der Waals surface area contributed by atoms with Gasteiger partial charge in [-0.05, 0) is 20.3 Å². The summed E-state index contributed by atoms with van der Waals surface area (Å²) in [6.45, 7) is 4.91. The van der Waals surface area contributed by atoms with Gasteiger partial charge in [-0.1, -0.05) is 6.92 Å². The molecule has 0 saturated carbocycles. The SMILES string of the molecule is CCC(C)NC(=O)C(C)OCC(=O)O. The van der Waals surface area contributed by atoms with E-state index >= 15 is 0 Å². The van der Waals surface area contributed by atoms with E-state index in [2.05, 4.69) is 5.32 Å². The van der Waals surface area contributed by atoms with Gasteiger partial charge >= 0.3 is 5.97 Å². The zero-order valence-corrected chi connectivity index (χ0v) is 8.74. The largest absolute Gasteiger partial charge is 0.480 e. The van der Waals surface area contributed by atoms with Gasteiger partial charge in [0.05, 0.1) is 0 Å². The highest BCUT2D eigenvalue weighted by atomic mass is 16.5. The van der Waals surface area contributed by atoms with Crippen LogP contribution in [0.25, 0.3) is 0 Å². The van der Waals surface area contributed by atoms with Crippen molar-refractivity contribution >= 4 is 11.9 Å². The molecule has 2 N–H and O–H groups in total. The third-order valence-corrected chi connectivity index (χ3v) is 1.83. The van der Waals surface area contributed by atoms with Crippen molar-refractivity contribution in [2.24, 2.45) is 0 Å². The molecule has 0 aromatic rings. The molecule has 0 aliphatic rings. The van der Waals surface area contributed by atoms with E-state index in [9.17, 15) is 9.59 Å². The summed E-state index contributed by atoms with van der Waals surface area (Å²) in [5.41, 5.74) is 0. The average molecular weight is 203 g/mol. The predicted molar refractivity (Wildman–Crippen MR) is 50.9 cm³/mol. The fourth-order valence-electron chi connectivity index (χ4n) is 0.734. The number of carboxylic acids is 1. The van der Waals surface area contributed by atoms with E-state index in [1.165, 1.54) is 6.92 Å². The summed E-state index contributed by atoms with van der Waals surface area (Å²) in [6, 6.07) is 0.0818. The van der Waals surface area contributed by atoms with Crippen molar-refractivity contribution in [1.82, 2.24) is 5.32 Å². The van der Waals surface area contributed by atoms with Crippen LogP contribution in [0.3, 0.4) is 0 Å². The van der Waals surface area contributed by atoms with Gasteiger partial charge in [0.1, 0.15) is 12.7 Å². The molecule has 82 valence electrons. The minimum absolute atomic E-state index is 0.0818. The first-order valence-corrected chi connectivity index (χ1v) is 4.61. The second-order valence-corrected chi connectivity index (χ2v) is 3.16. The summed E-state index contributed by atoms with van der Waals surface area (Å²) in [7, 11) is 0. The summed E-state index contributed by atoms with van der Waals surface area (Å²) in [5, 5.41) is 11.0. The van der Waals surface area contributed by atoms with Gasteiger partial charge in [0.25, 0.3) is 0 Å². The highest BCUT2D eigenvalue weighted by Gasteiger charge is 2.15. The number of aliphatic carboxylic acids is 1. The molecule has 0 aromatic carbocycles. The minimum atomic E-state index is -1.08. The van der Waals surface area contributed by atoms with Crippen LogP contribution in [0, 0.1) is 0 Å². The third-order valence-electron chi connectivity index (χ3n) is 1.83. The van der Waals surface area contributed by atoms with Gasteiger partial charge in [0.15, 0.2) is 0 Å². The molecule has 0 radical (unpaired) electrons. The first kappa shape index (κ1) is 12.9. The molecule has 0 aromatic heterocycles. The second kappa shape index (κ2) is 6.37. The minimum Gasteiger partial charge on any atom is -0.480 e. The summed E-state index contributed by atoms with van der Waals surface area (Å²) in [4.78, 5) is 21.4. The molecule has 2 atom stereocenters. The molecular weight excluding hydrogens is 186 g/mol. The molecule has 0 heterocycles. The van der Waals surface area contributed by atoms with Crippen molar-refractivity contribution in [3.63, 3.8) is 0 Å². The lowest BCUT2D eigenvalue weighted by molar-refractivity contribution is -0.147. The van der Waals surface area contributed by atoms with Gasteiger partial charge in [0.2, 0.25) is 5.91 Å². The maximum Gasteiger partial charge on any atom is 0.329 e. The van der Waals surface area contributed by atoms with Crippen LogP contribution >= 0.6 is 0 Å². The fraction of sp³-hybridized carbons (Fsp3) is 0.778. The zero-order chi connectivity index (χ0) is 11.1. The third kappa shape index (κ3) is 5.53. The van der Waals surface area contributed by atoms with E-state index in [1.807, 2.05) is 13.8 Å². The Balaban J connectivity index is 3.81. The normalized spacial score (nSPS) is 14.5. The Morgan fingerprint density at radius 1 is 1.43 bits per heavy atom. The lowest BCUT2D eigenvalue weighted by Crippen LogP contribution is -2.40. The van der Waals surface area contributed by atoms with Crippen molar-refractivity contribution in [2.45, 2.75) is 39.3 Å². The number of hydrogen-bond acceptors (Lipinski definition) is 3. The van der Waals surface area contributed by atoms with Crippen LogP contribution in [0.1, 0.15) is 27.2 Å². The molecule has 0 fully saturated rings. The molecule has 0 aliphatic carbocycles. The Labute approximate surface area is 83.4 Å². The number of rotatable bonds is 6. The number of hydrogen-bond donors (Lipinski definition) is 2. The molecule has 0 bridgehead atoms. The quantitative estimate of drug-likeness (QED) is 0.654. The number of amides is 1. The number of carbonyl (C=O) groups excluding carboxylic acids is 1. The van der Waals surface area contributed by atoms with Gasteiger partial charge in [-0.3, -0.25) is 4.79 Å². The van der Waals surface area contributed by atoms with Crippen LogP contribution in [0.15, 0.2) is 0 Å². The Morgan fingerprint density at radius 2 is 2.00 bits per heavy atom. The lowest BCUT2D eigenvalue weighted by atomic mass is 10.2. The summed E-state index contributed by atoms with van der Waals surface area (Å²) >= 11 is 0. The Kier molecular flexibility index (Phi) is 5.87. The summed E-state index contributed by atoms with van der Waals surface area (Å²) < 4.78 is 4.80. The van der Waals surface area contributed by atoms with Gasteiger partial charge in [0, 0.05) is 6.04 Å². The molecule has 0 spiro atoms. The summed E-state index contributed by atoms with van der Waals surface area (Å²) in [6.07, 6.45) is 0.109. The highest BCUT2D eigenvalue weighted by molar-refractivity contribution is 5.81. The standard InChI is InChI=1S/C9H17NO4/c1-4-6(2)10-9(13)7(3)14-5-8(11)12/h6-7H,4-5H2,1-3H3,(H,10,13)(H,11,12). The van der Waals surface area contributed by atoms with Gasteiger partial charge in [-0.15, -0.1) is 0 Å². The van der Waals surface area contributed by atoms with Crippen LogP contribution < -0.4 is 5.32 Å². The van der Waals surface area contributed by atoms with Gasteiger partial charge in [-0.25, -0.2) is 4.79 Å². The van der Waals surface area contributed by atoms with Crippen molar-refractivity contribution in [1.29, 1.82) is 0 Å². The van der Waals surface area contributed by atoms with Gasteiger partial charge < -0.3 is 15.2 Å². The Morgan fingerprint density at radius 3 is 2.43 bits per heavy atom. The number of carboxylic acid groups (broad SMARTS) is 1. The van der Waals surface area contributed by atoms with Gasteiger partial charge in [-0.2, -0.15) is 0 Å². The first-order chi connectivity index (χ1) is 6.47. The second-order valence-electron chi connectivity index (χ2n) is 3.16. The fourth-order valence-corrected chi connectivity index (χ4v) is 0.734. The molecule has 1 amide bonds. The van der Waals surface area contributed by atoms with Crippen molar-refractivity contribution in [3.8, 4) is 0 Å². The van der Waals surface area contributed by atoms with E-state index in [0.29, 0.717) is 0 Å². The zero-order valence-electron chi connectivity index (χ0n) is 8.74. The van der Waals surface area contributed by atoms with Crippen LogP contribution in [0.2, 0.25) is 0 Å². The van der Waals surface area contributed by atoms with E-state index in [-0.39, 0.29) is 11.9 Å². The van der Waals surface area contributed by atoms with Crippen molar-refractivity contribution in [2.75, 3.05) is 6.61 Å². The molecule has 0 aliphatic heterocycles. The molecular formula is C9H17NO4. The van der Waals surface area contributed by atoms with Crippen LogP contribution in [0.5, 0.6) is 0 Å². The molecule has 5 nitrogen and oxygen atoms in total. The first-order valence-electron chi connectivity index (χ1n) is 4.61. The van der Waals surface area contributed by atoms with Crippen molar-refractivity contribution < 1.29 is 19.4 Å². The van der Waals surface area contributed by atoms with Crippen molar-refractivity contribution in [3.05, 3.63) is 0 Å². The average Bonchev–Trinajstić information content (AvgIpc) is 2.13. The molecule has 0 saturated heterocycles. The monoisotopic (exact) mass is 203 g/mol. The molecule has 2 unspecified atom stereocenters.